The number of unbranched alkanes of at least 4 members (excludes halogenated alkanes) is 1. The summed E-state index contributed by atoms with van der Waals surface area (Å²) in [5.74, 6) is 8.79. The molecule has 0 saturated carbocycles. The molecule has 2 aromatic heterocycles. The molecule has 8 heteroatoms. The molecule has 0 aliphatic carbocycles. The highest BCUT2D eigenvalue weighted by Gasteiger charge is 2.13. The van der Waals surface area contributed by atoms with E-state index in [2.05, 4.69) is 27.3 Å². The number of nitrogens with zero attached hydrogens (tertiary/aromatic N) is 5. The summed E-state index contributed by atoms with van der Waals surface area (Å²) in [5, 5.41) is 16.8. The Morgan fingerprint density at radius 1 is 1.25 bits per heavy atom. The van der Waals surface area contributed by atoms with E-state index in [1.807, 2.05) is 13.8 Å². The van der Waals surface area contributed by atoms with Gasteiger partial charge in [0, 0.05) is 12.3 Å². The fourth-order valence-electron chi connectivity index (χ4n) is 1.60. The molecule has 2 N–H and O–H groups in total. The number of aromatic nitrogens is 5. The van der Waals surface area contributed by atoms with Crippen molar-refractivity contribution in [2.45, 2.75) is 56.9 Å². The Bertz CT molecular complexity index is 550. The summed E-state index contributed by atoms with van der Waals surface area (Å²) in [6.45, 7) is 6.16. The topological polar surface area (TPSA) is 95.6 Å². The highest BCUT2D eigenvalue weighted by molar-refractivity contribution is 7.98. The number of nitrogens with two attached hydrogens (primary N) is 1. The van der Waals surface area contributed by atoms with E-state index < -0.39 is 0 Å². The third kappa shape index (κ3) is 3.50. The van der Waals surface area contributed by atoms with Crippen LogP contribution in [-0.4, -0.2) is 25.1 Å². The molecule has 0 aromatic carbocycles. The molecule has 0 amide bonds. The van der Waals surface area contributed by atoms with Gasteiger partial charge in [-0.2, -0.15) is 0 Å². The molecular formula is C12H20N6OS. The van der Waals surface area contributed by atoms with Crippen molar-refractivity contribution in [1.82, 2.24) is 25.1 Å². The first-order valence-corrected chi connectivity index (χ1v) is 7.74. The van der Waals surface area contributed by atoms with Crippen LogP contribution in [0.5, 0.6) is 0 Å². The van der Waals surface area contributed by atoms with Crippen LogP contribution in [0.25, 0.3) is 0 Å². The molecule has 0 fully saturated rings. The van der Waals surface area contributed by atoms with Crippen molar-refractivity contribution in [3.63, 3.8) is 0 Å². The smallest absolute Gasteiger partial charge is 0.226 e. The number of hydrogen-bond acceptors (Lipinski definition) is 7. The monoisotopic (exact) mass is 296 g/mol. The molecule has 0 atom stereocenters. The molecule has 2 rings (SSSR count). The van der Waals surface area contributed by atoms with E-state index in [1.165, 1.54) is 11.8 Å². The van der Waals surface area contributed by atoms with Crippen molar-refractivity contribution >= 4 is 11.8 Å². The van der Waals surface area contributed by atoms with Crippen LogP contribution >= 0.6 is 11.8 Å². The van der Waals surface area contributed by atoms with E-state index >= 15 is 0 Å². The maximum Gasteiger partial charge on any atom is 0.226 e. The second-order valence-corrected chi connectivity index (χ2v) is 5.79. The van der Waals surface area contributed by atoms with E-state index in [-0.39, 0.29) is 5.92 Å². The van der Waals surface area contributed by atoms with Gasteiger partial charge in [0.05, 0.1) is 5.75 Å². The van der Waals surface area contributed by atoms with Gasteiger partial charge in [0.15, 0.2) is 5.82 Å². The van der Waals surface area contributed by atoms with Gasteiger partial charge in [0.2, 0.25) is 16.9 Å². The minimum atomic E-state index is 0.236. The van der Waals surface area contributed by atoms with Crippen LogP contribution in [0.2, 0.25) is 0 Å². The predicted molar refractivity (Wildman–Crippen MR) is 76.7 cm³/mol. The van der Waals surface area contributed by atoms with Crippen LogP contribution in [0.15, 0.2) is 9.57 Å². The normalized spacial score (nSPS) is 11.4. The Morgan fingerprint density at radius 3 is 2.70 bits per heavy atom. The molecule has 7 nitrogen and oxygen atoms in total. The van der Waals surface area contributed by atoms with Gasteiger partial charge >= 0.3 is 0 Å². The maximum atomic E-state index is 5.97. The van der Waals surface area contributed by atoms with Gasteiger partial charge in [-0.3, -0.25) is 0 Å². The second-order valence-electron chi connectivity index (χ2n) is 4.85. The molecule has 2 aromatic rings. The van der Waals surface area contributed by atoms with E-state index in [1.54, 1.807) is 4.68 Å². The number of aryl methyl sites for hydroxylation is 1. The molecule has 0 aliphatic rings. The van der Waals surface area contributed by atoms with Gasteiger partial charge in [-0.1, -0.05) is 39.0 Å². The van der Waals surface area contributed by atoms with E-state index in [4.69, 9.17) is 10.3 Å². The van der Waals surface area contributed by atoms with Crippen LogP contribution in [0, 0.1) is 0 Å². The summed E-state index contributed by atoms with van der Waals surface area (Å²) in [7, 11) is 0. The number of nitrogen functional groups attached to an aromatic ring is 1. The molecule has 2 heterocycles. The van der Waals surface area contributed by atoms with Crippen molar-refractivity contribution in [3.8, 4) is 0 Å². The standard InChI is InChI=1S/C12H20N6OS/c1-4-5-6-9-14-17-12(18(9)13)20-7-10-15-16-11(19-10)8(2)3/h8H,4-7,13H2,1-3H3. The lowest BCUT2D eigenvalue weighted by Crippen LogP contribution is -2.14. The van der Waals surface area contributed by atoms with E-state index in [0.717, 1.165) is 25.1 Å². The van der Waals surface area contributed by atoms with E-state index in [9.17, 15) is 0 Å². The molecule has 110 valence electrons. The molecule has 0 unspecified atom stereocenters. The first-order chi connectivity index (χ1) is 9.61. The number of hydrogen-bond donors (Lipinski definition) is 1. The van der Waals surface area contributed by atoms with Gasteiger partial charge in [-0.05, 0) is 6.42 Å². The summed E-state index contributed by atoms with van der Waals surface area (Å²) in [5.41, 5.74) is 0. The molecule has 0 aliphatic heterocycles. The van der Waals surface area contributed by atoms with Crippen LogP contribution in [0.1, 0.15) is 57.1 Å². The highest BCUT2D eigenvalue weighted by Crippen LogP contribution is 2.21. The predicted octanol–water partition coefficient (Wildman–Crippen LogP) is 2.13. The summed E-state index contributed by atoms with van der Waals surface area (Å²) >= 11 is 1.45. The quantitative estimate of drug-likeness (QED) is 0.617. The molecule has 0 radical (unpaired) electrons. The van der Waals surface area contributed by atoms with Gasteiger partial charge in [0.1, 0.15) is 0 Å². The molecule has 0 saturated heterocycles. The van der Waals surface area contributed by atoms with Crippen LogP contribution in [-0.2, 0) is 12.2 Å². The Hall–Kier alpha value is -1.57. The third-order valence-electron chi connectivity index (χ3n) is 2.79. The van der Waals surface area contributed by atoms with E-state index in [0.29, 0.717) is 22.7 Å². The van der Waals surface area contributed by atoms with Gasteiger partial charge in [-0.25, -0.2) is 4.68 Å². The summed E-state index contributed by atoms with van der Waals surface area (Å²) in [6, 6.07) is 0. The number of rotatable bonds is 7. The highest BCUT2D eigenvalue weighted by atomic mass is 32.2. The molecule has 0 spiro atoms. The summed E-state index contributed by atoms with van der Waals surface area (Å²) in [4.78, 5) is 0. The van der Waals surface area contributed by atoms with Crippen LogP contribution in [0.3, 0.4) is 0 Å². The summed E-state index contributed by atoms with van der Waals surface area (Å²) in [6.07, 6.45) is 3.01. The van der Waals surface area contributed by atoms with Gasteiger partial charge in [0.25, 0.3) is 0 Å². The SMILES string of the molecule is CCCCc1nnc(SCc2nnc(C(C)C)o2)n1N. The Labute approximate surface area is 122 Å². The maximum absolute atomic E-state index is 5.97. The Balaban J connectivity index is 1.94. The summed E-state index contributed by atoms with van der Waals surface area (Å²) < 4.78 is 7.08. The Morgan fingerprint density at radius 2 is 2.05 bits per heavy atom. The van der Waals surface area contributed by atoms with Crippen LogP contribution < -0.4 is 5.84 Å². The lowest BCUT2D eigenvalue weighted by atomic mass is 10.2. The van der Waals surface area contributed by atoms with Gasteiger partial charge in [-0.15, -0.1) is 20.4 Å². The first kappa shape index (κ1) is 14.8. The minimum absolute atomic E-state index is 0.236. The first-order valence-electron chi connectivity index (χ1n) is 6.76. The zero-order valence-corrected chi connectivity index (χ0v) is 12.9. The van der Waals surface area contributed by atoms with Crippen molar-refractivity contribution < 1.29 is 4.42 Å². The molecule has 20 heavy (non-hydrogen) atoms. The van der Waals surface area contributed by atoms with Crippen molar-refractivity contribution in [2.24, 2.45) is 0 Å². The molecule has 0 bridgehead atoms. The number of thioether (sulfide) groups is 1. The van der Waals surface area contributed by atoms with Gasteiger partial charge < -0.3 is 10.3 Å². The minimum Gasteiger partial charge on any atom is -0.424 e. The second kappa shape index (κ2) is 6.74. The Kier molecular flexibility index (Phi) is 4.99. The molecular weight excluding hydrogens is 276 g/mol. The fourth-order valence-corrected chi connectivity index (χ4v) is 2.31. The average molecular weight is 296 g/mol. The third-order valence-corrected chi connectivity index (χ3v) is 3.72. The lowest BCUT2D eigenvalue weighted by molar-refractivity contribution is 0.445. The zero-order chi connectivity index (χ0) is 14.5. The fraction of sp³-hybridized carbons (Fsp3) is 0.667. The van der Waals surface area contributed by atoms with Crippen LogP contribution in [0.4, 0.5) is 0 Å². The largest absolute Gasteiger partial charge is 0.424 e. The zero-order valence-electron chi connectivity index (χ0n) is 12.0. The average Bonchev–Trinajstić information content (AvgIpc) is 3.02. The van der Waals surface area contributed by atoms with Crippen molar-refractivity contribution in [1.29, 1.82) is 0 Å². The van der Waals surface area contributed by atoms with Crippen molar-refractivity contribution in [3.05, 3.63) is 17.6 Å². The van der Waals surface area contributed by atoms with Crippen molar-refractivity contribution in [2.75, 3.05) is 5.84 Å². The lowest BCUT2D eigenvalue weighted by Gasteiger charge is -2.01.